The molecule has 1 aliphatic heterocycles. The highest BCUT2D eigenvalue weighted by atomic mass is 16.6. The molecule has 3 aromatic carbocycles. The number of hydrogen-bond donors (Lipinski definition) is 1. The molecular weight excluding hydrogens is 983 g/mol. The van der Waals surface area contributed by atoms with Crippen LogP contribution in [0.15, 0.2) is 113 Å². The van der Waals surface area contributed by atoms with Gasteiger partial charge in [-0.2, -0.15) is 0 Å². The number of ether oxygens (including phenoxy) is 8. The Morgan fingerprint density at radius 3 is 1.67 bits per heavy atom. The molecule has 1 N–H and O–H groups in total. The largest absolute Gasteiger partial charge is 0.497 e. The van der Waals surface area contributed by atoms with Gasteiger partial charge in [-0.1, -0.05) is 72.9 Å². The Hall–Kier alpha value is -7.67. The minimum atomic E-state index is -1.17. The number of nitrogens with zero attached hydrogens (tertiary/aromatic N) is 5. The van der Waals surface area contributed by atoms with Crippen LogP contribution in [0.4, 0.5) is 0 Å². The van der Waals surface area contributed by atoms with Crippen molar-refractivity contribution in [3.05, 3.63) is 158 Å². The van der Waals surface area contributed by atoms with Crippen LogP contribution in [0, 0.1) is 11.8 Å². The third-order valence-electron chi connectivity index (χ3n) is 12.7. The van der Waals surface area contributed by atoms with Crippen molar-refractivity contribution < 1.29 is 62.2 Å². The molecule has 1 aliphatic rings. The Labute approximate surface area is 441 Å². The number of benzene rings is 3. The van der Waals surface area contributed by atoms with Gasteiger partial charge in [-0.15, -0.1) is 0 Å². The Bertz CT molecular complexity index is 2770. The van der Waals surface area contributed by atoms with Gasteiger partial charge in [0.1, 0.15) is 29.4 Å². The molecule has 20 heteroatoms. The van der Waals surface area contributed by atoms with E-state index in [1.165, 1.54) is 55.1 Å². The lowest BCUT2D eigenvalue weighted by molar-refractivity contribution is -0.147. The van der Waals surface area contributed by atoms with E-state index < -0.39 is 59.2 Å². The Kier molecular flexibility index (Phi) is 21.4. The molecule has 3 heterocycles. The summed E-state index contributed by atoms with van der Waals surface area (Å²) in [6, 6.07) is 29.6. The van der Waals surface area contributed by atoms with Gasteiger partial charge in [0.15, 0.2) is 0 Å². The van der Waals surface area contributed by atoms with Crippen molar-refractivity contribution in [3.8, 4) is 23.3 Å². The predicted octanol–water partition coefficient (Wildman–Crippen LogP) is 3.99. The first-order valence-electron chi connectivity index (χ1n) is 24.6. The van der Waals surface area contributed by atoms with Crippen molar-refractivity contribution >= 4 is 23.9 Å². The molecule has 3 atom stereocenters. The monoisotopic (exact) mass is 1050 g/mol. The van der Waals surface area contributed by atoms with E-state index in [0.29, 0.717) is 54.1 Å². The van der Waals surface area contributed by atoms with Crippen LogP contribution in [0.1, 0.15) is 72.0 Å². The number of aliphatic hydroxyl groups excluding tert-OH is 1. The smallest absolute Gasteiger partial charge is 0.333 e. The SMILES string of the molecule is COC(=O)CN(CC(=O)OC)Cc1cc(C#CCCCCCn2c(=O)ccn([C@H]3CC(O)[C@@H](COC(c4ccccc4)(c4ccc(OC)cc4)c4ccc(OC)cc4)O3)c2=O)cc(CN(CC(=O)OC)CC(=O)OC)n1. The molecule has 6 rings (SSSR count). The van der Waals surface area contributed by atoms with Crippen LogP contribution in [-0.4, -0.2) is 141 Å². The molecule has 0 saturated carbocycles. The van der Waals surface area contributed by atoms with Gasteiger partial charge < -0.3 is 43.0 Å². The maximum Gasteiger partial charge on any atom is 0.333 e. The second-order valence-electron chi connectivity index (χ2n) is 17.8. The van der Waals surface area contributed by atoms with Crippen LogP contribution < -0.4 is 20.7 Å². The molecule has 0 bridgehead atoms. The molecule has 0 amide bonds. The van der Waals surface area contributed by atoms with Crippen LogP contribution in [0.5, 0.6) is 11.5 Å². The summed E-state index contributed by atoms with van der Waals surface area (Å²) in [5, 5.41) is 11.4. The van der Waals surface area contributed by atoms with Gasteiger partial charge in [-0.3, -0.25) is 47.9 Å². The van der Waals surface area contributed by atoms with E-state index in [2.05, 4.69) is 11.8 Å². The van der Waals surface area contributed by atoms with Crippen molar-refractivity contribution in [2.45, 2.75) is 75.8 Å². The number of aromatic nitrogens is 3. The molecule has 0 spiro atoms. The predicted molar refractivity (Wildman–Crippen MR) is 276 cm³/mol. The van der Waals surface area contributed by atoms with Gasteiger partial charge in [0.05, 0.1) is 92.9 Å². The van der Waals surface area contributed by atoms with Gasteiger partial charge in [0.25, 0.3) is 5.56 Å². The van der Waals surface area contributed by atoms with Crippen LogP contribution in [0.3, 0.4) is 0 Å². The number of unbranched alkanes of at least 4 members (excludes halogenated alkanes) is 3. The number of aliphatic hydroxyl groups is 1. The fourth-order valence-electron chi connectivity index (χ4n) is 8.76. The van der Waals surface area contributed by atoms with E-state index in [4.69, 9.17) is 42.9 Å². The summed E-state index contributed by atoms with van der Waals surface area (Å²) in [7, 11) is 8.13. The minimum Gasteiger partial charge on any atom is -0.497 e. The first-order chi connectivity index (χ1) is 36.7. The fraction of sp³-hybridized carbons (Fsp3) is 0.411. The lowest BCUT2D eigenvalue weighted by Gasteiger charge is -2.37. The molecule has 2 aromatic heterocycles. The van der Waals surface area contributed by atoms with Crippen molar-refractivity contribution in [3.63, 3.8) is 0 Å². The Morgan fingerprint density at radius 1 is 0.684 bits per heavy atom. The molecule has 5 aromatic rings. The highest BCUT2D eigenvalue weighted by molar-refractivity contribution is 5.75. The lowest BCUT2D eigenvalue weighted by Crippen LogP contribution is -2.40. The van der Waals surface area contributed by atoms with Crippen molar-refractivity contribution in [1.82, 2.24) is 23.9 Å². The van der Waals surface area contributed by atoms with Crippen LogP contribution in [0.2, 0.25) is 0 Å². The molecule has 404 valence electrons. The first-order valence-corrected chi connectivity index (χ1v) is 24.6. The van der Waals surface area contributed by atoms with E-state index in [1.807, 2.05) is 78.9 Å². The maximum absolute atomic E-state index is 13.9. The highest BCUT2D eigenvalue weighted by Crippen LogP contribution is 2.42. The van der Waals surface area contributed by atoms with Gasteiger partial charge in [0.2, 0.25) is 0 Å². The number of pyridine rings is 1. The average Bonchev–Trinajstić information content (AvgIpc) is 3.80. The summed E-state index contributed by atoms with van der Waals surface area (Å²) in [6.45, 7) is -0.823. The second kappa shape index (κ2) is 28.3. The lowest BCUT2D eigenvalue weighted by atomic mass is 9.80. The van der Waals surface area contributed by atoms with Crippen LogP contribution in [0.25, 0.3) is 0 Å². The van der Waals surface area contributed by atoms with E-state index in [-0.39, 0.29) is 58.8 Å². The molecule has 76 heavy (non-hydrogen) atoms. The molecular formula is C56H65N5O15. The molecule has 1 saturated heterocycles. The van der Waals surface area contributed by atoms with E-state index in [9.17, 15) is 33.9 Å². The summed E-state index contributed by atoms with van der Waals surface area (Å²) >= 11 is 0. The highest BCUT2D eigenvalue weighted by Gasteiger charge is 2.42. The fourth-order valence-corrected chi connectivity index (χ4v) is 8.76. The zero-order valence-corrected chi connectivity index (χ0v) is 43.6. The van der Waals surface area contributed by atoms with Crippen LogP contribution >= 0.6 is 0 Å². The minimum absolute atomic E-state index is 0.0237. The van der Waals surface area contributed by atoms with E-state index >= 15 is 0 Å². The van der Waals surface area contributed by atoms with Gasteiger partial charge >= 0.3 is 29.6 Å². The van der Waals surface area contributed by atoms with Crippen molar-refractivity contribution in [2.75, 3.05) is 75.4 Å². The number of carbonyl (C=O) groups is 4. The summed E-state index contributed by atoms with van der Waals surface area (Å²) in [5.74, 6) is 5.32. The van der Waals surface area contributed by atoms with Gasteiger partial charge in [0, 0.05) is 50.3 Å². The molecule has 1 unspecified atom stereocenters. The third-order valence-corrected chi connectivity index (χ3v) is 12.7. The summed E-state index contributed by atoms with van der Waals surface area (Å²) in [4.78, 5) is 83.7. The second-order valence-corrected chi connectivity index (χ2v) is 17.8. The van der Waals surface area contributed by atoms with Crippen molar-refractivity contribution in [2.24, 2.45) is 0 Å². The topological polar surface area (TPSA) is 226 Å². The zero-order chi connectivity index (χ0) is 54.6. The van der Waals surface area contributed by atoms with E-state index in [1.54, 1.807) is 26.4 Å². The standard InChI is InChI=1S/C56H65N5O15/c1-69-45-22-18-41(19-23-45)56(40-16-12-10-13-17-40,42-20-24-46(70-2)25-21-42)75-38-48-47(62)31-50(76-48)61-28-26-49(63)60(55(61)68)27-14-9-7-8-11-15-39-29-43(32-58(34-51(64)71-3)35-52(65)72-4)57-44(30-39)33-59(36-53(66)73-5)37-54(67)74-6/h10,12-13,16-26,28-30,47-48,50,62H,7-9,14,27,31-38H2,1-6H3/t47?,48-,50-/m1/s1. The molecule has 0 radical (unpaired) electrons. The summed E-state index contributed by atoms with van der Waals surface area (Å²) in [5.41, 5.74) is 1.63. The van der Waals surface area contributed by atoms with Crippen LogP contribution in [-0.2, 0) is 72.8 Å². The van der Waals surface area contributed by atoms with Gasteiger partial charge in [-0.25, -0.2) is 4.79 Å². The van der Waals surface area contributed by atoms with Crippen molar-refractivity contribution in [1.29, 1.82) is 0 Å². The van der Waals surface area contributed by atoms with E-state index in [0.717, 1.165) is 21.3 Å². The zero-order valence-electron chi connectivity index (χ0n) is 43.6. The Morgan fingerprint density at radius 2 is 1.18 bits per heavy atom. The number of hydrogen-bond acceptors (Lipinski definition) is 18. The number of methoxy groups -OCH3 is 6. The Balaban J connectivity index is 1.13. The van der Waals surface area contributed by atoms with Gasteiger partial charge in [-0.05, 0) is 65.9 Å². The molecule has 1 fully saturated rings. The molecule has 20 nitrogen and oxygen atoms in total. The number of rotatable bonds is 26. The average molecular weight is 1050 g/mol. The maximum atomic E-state index is 13.9. The summed E-state index contributed by atoms with van der Waals surface area (Å²) < 4.78 is 46.1. The summed E-state index contributed by atoms with van der Waals surface area (Å²) in [6.07, 6.45) is 0.922. The normalized spacial score (nSPS) is 15.1. The molecule has 0 aliphatic carbocycles. The number of carbonyl (C=O) groups excluding carboxylic acids is 4. The first kappa shape index (κ1) is 57.6. The quantitative estimate of drug-likeness (QED) is 0.0272. The third kappa shape index (κ3) is 15.5. The number of esters is 4.